The van der Waals surface area contributed by atoms with E-state index in [4.69, 9.17) is 4.74 Å². The van der Waals surface area contributed by atoms with E-state index in [1.54, 1.807) is 11.3 Å². The molecule has 1 aromatic heterocycles. The molecule has 1 heterocycles. The van der Waals surface area contributed by atoms with Gasteiger partial charge in [-0.15, -0.1) is 11.3 Å². The Labute approximate surface area is 139 Å². The molecule has 0 radical (unpaired) electrons. The van der Waals surface area contributed by atoms with Crippen LogP contribution in [-0.2, 0) is 0 Å². The van der Waals surface area contributed by atoms with Gasteiger partial charge in [0.1, 0.15) is 5.75 Å². The molecule has 1 aromatic carbocycles. The van der Waals surface area contributed by atoms with Crippen LogP contribution in [0.5, 0.6) is 5.75 Å². The molecule has 0 saturated heterocycles. The number of halogens is 1. The van der Waals surface area contributed by atoms with Crippen molar-refractivity contribution in [1.29, 1.82) is 0 Å². The zero-order valence-electron chi connectivity index (χ0n) is 12.6. The maximum Gasteiger partial charge on any atom is 0.119 e. The zero-order chi connectivity index (χ0) is 15.1. The third kappa shape index (κ3) is 4.83. The van der Waals surface area contributed by atoms with E-state index in [0.29, 0.717) is 0 Å². The Balaban J connectivity index is 2.16. The Kier molecular flexibility index (Phi) is 6.74. The van der Waals surface area contributed by atoms with E-state index in [0.717, 1.165) is 31.7 Å². The van der Waals surface area contributed by atoms with Crippen molar-refractivity contribution in [3.8, 4) is 5.75 Å². The van der Waals surface area contributed by atoms with E-state index < -0.39 is 0 Å². The molecular weight excluding hydrogens is 346 g/mol. The molecule has 0 spiro atoms. The summed E-state index contributed by atoms with van der Waals surface area (Å²) in [5, 5.41) is 3.63. The quantitative estimate of drug-likeness (QED) is 0.675. The molecule has 1 N–H and O–H groups in total. The van der Waals surface area contributed by atoms with Crippen molar-refractivity contribution >= 4 is 27.3 Å². The summed E-state index contributed by atoms with van der Waals surface area (Å²) < 4.78 is 6.83. The molecule has 2 aromatic rings. The van der Waals surface area contributed by atoms with Crippen LogP contribution >= 0.6 is 27.3 Å². The minimum Gasteiger partial charge on any atom is -0.494 e. The summed E-state index contributed by atoms with van der Waals surface area (Å²) in [6, 6.07) is 13.0. The van der Waals surface area contributed by atoms with Gasteiger partial charge < -0.3 is 10.1 Å². The summed E-state index contributed by atoms with van der Waals surface area (Å²) in [5.74, 6) is 0.946. The first-order valence-electron chi connectivity index (χ1n) is 7.46. The van der Waals surface area contributed by atoms with Crippen molar-refractivity contribution in [2.24, 2.45) is 0 Å². The summed E-state index contributed by atoms with van der Waals surface area (Å²) in [6.45, 7) is 6.09. The van der Waals surface area contributed by atoms with E-state index >= 15 is 0 Å². The normalized spacial score (nSPS) is 12.3. The Hall–Kier alpha value is -0.840. The van der Waals surface area contributed by atoms with E-state index in [1.807, 2.05) is 0 Å². The van der Waals surface area contributed by atoms with Gasteiger partial charge in [0.05, 0.1) is 16.4 Å². The molecule has 1 atom stereocenters. The topological polar surface area (TPSA) is 21.3 Å². The van der Waals surface area contributed by atoms with Gasteiger partial charge in [-0.1, -0.05) is 26.0 Å². The van der Waals surface area contributed by atoms with Gasteiger partial charge in [0.2, 0.25) is 0 Å². The number of hydrogen-bond acceptors (Lipinski definition) is 3. The van der Waals surface area contributed by atoms with Crippen LogP contribution in [0.1, 0.15) is 43.2 Å². The molecule has 0 amide bonds. The molecule has 0 fully saturated rings. The first-order valence-corrected chi connectivity index (χ1v) is 9.07. The highest BCUT2D eigenvalue weighted by molar-refractivity contribution is 9.11. The van der Waals surface area contributed by atoms with E-state index in [9.17, 15) is 0 Å². The lowest BCUT2D eigenvalue weighted by molar-refractivity contribution is 0.317. The van der Waals surface area contributed by atoms with Gasteiger partial charge in [0.25, 0.3) is 0 Å². The standard InChI is InChI=1S/C17H22BrNOS/c1-3-11-19-17(15-9-10-16(18)21-15)13-5-7-14(8-6-13)20-12-4-2/h5-10,17,19H,3-4,11-12H2,1-2H3. The predicted octanol–water partition coefficient (Wildman–Crippen LogP) is 5.39. The van der Waals surface area contributed by atoms with Crippen molar-refractivity contribution in [3.05, 3.63) is 50.6 Å². The Morgan fingerprint density at radius 1 is 1.10 bits per heavy atom. The lowest BCUT2D eigenvalue weighted by Gasteiger charge is -2.18. The van der Waals surface area contributed by atoms with Gasteiger partial charge in [0, 0.05) is 4.88 Å². The first-order chi connectivity index (χ1) is 10.2. The minimum absolute atomic E-state index is 0.251. The fourth-order valence-electron chi connectivity index (χ4n) is 2.13. The number of hydrogen-bond donors (Lipinski definition) is 1. The molecule has 0 saturated carbocycles. The summed E-state index contributed by atoms with van der Waals surface area (Å²) in [4.78, 5) is 1.33. The average molecular weight is 368 g/mol. The second kappa shape index (κ2) is 8.57. The highest BCUT2D eigenvalue weighted by Crippen LogP contribution is 2.32. The number of rotatable bonds is 8. The smallest absolute Gasteiger partial charge is 0.119 e. The predicted molar refractivity (Wildman–Crippen MR) is 94.4 cm³/mol. The molecule has 0 aliphatic rings. The number of ether oxygens (including phenoxy) is 1. The van der Waals surface area contributed by atoms with Crippen LogP contribution in [0, 0.1) is 0 Å². The van der Waals surface area contributed by atoms with Gasteiger partial charge in [0.15, 0.2) is 0 Å². The second-order valence-electron chi connectivity index (χ2n) is 4.95. The first kappa shape index (κ1) is 16.5. The largest absolute Gasteiger partial charge is 0.494 e. The maximum atomic E-state index is 5.66. The fourth-order valence-corrected chi connectivity index (χ4v) is 3.66. The summed E-state index contributed by atoms with van der Waals surface area (Å²) in [6.07, 6.45) is 2.16. The molecule has 114 valence electrons. The van der Waals surface area contributed by atoms with E-state index in [2.05, 4.69) is 71.5 Å². The molecule has 2 nitrogen and oxygen atoms in total. The molecule has 0 bridgehead atoms. The van der Waals surface area contributed by atoms with Gasteiger partial charge in [-0.2, -0.15) is 0 Å². The van der Waals surface area contributed by atoms with E-state index in [-0.39, 0.29) is 6.04 Å². The molecule has 1 unspecified atom stereocenters. The molecular formula is C17H22BrNOS. The number of benzene rings is 1. The molecule has 0 aliphatic heterocycles. The van der Waals surface area contributed by atoms with Crippen LogP contribution in [0.3, 0.4) is 0 Å². The van der Waals surface area contributed by atoms with Gasteiger partial charge in [-0.25, -0.2) is 0 Å². The molecule has 2 rings (SSSR count). The van der Waals surface area contributed by atoms with Crippen molar-refractivity contribution in [1.82, 2.24) is 5.32 Å². The monoisotopic (exact) mass is 367 g/mol. The maximum absolute atomic E-state index is 5.66. The van der Waals surface area contributed by atoms with Crippen LogP contribution in [0.4, 0.5) is 0 Å². The molecule has 21 heavy (non-hydrogen) atoms. The summed E-state index contributed by atoms with van der Waals surface area (Å²) >= 11 is 5.33. The van der Waals surface area contributed by atoms with Crippen LogP contribution < -0.4 is 10.1 Å². The van der Waals surface area contributed by atoms with E-state index in [1.165, 1.54) is 14.2 Å². The van der Waals surface area contributed by atoms with Gasteiger partial charge in [-0.3, -0.25) is 0 Å². The third-order valence-corrected chi connectivity index (χ3v) is 4.85. The zero-order valence-corrected chi connectivity index (χ0v) is 15.0. The fraction of sp³-hybridized carbons (Fsp3) is 0.412. The summed E-state index contributed by atoms with van der Waals surface area (Å²) in [7, 11) is 0. The second-order valence-corrected chi connectivity index (χ2v) is 7.44. The van der Waals surface area contributed by atoms with Gasteiger partial charge >= 0.3 is 0 Å². The van der Waals surface area contributed by atoms with Crippen LogP contribution in [-0.4, -0.2) is 13.2 Å². The Morgan fingerprint density at radius 3 is 2.43 bits per heavy atom. The number of nitrogens with one attached hydrogen (secondary N) is 1. The lowest BCUT2D eigenvalue weighted by Crippen LogP contribution is -2.22. The summed E-state index contributed by atoms with van der Waals surface area (Å²) in [5.41, 5.74) is 1.28. The third-order valence-electron chi connectivity index (χ3n) is 3.16. The molecule has 0 aliphatic carbocycles. The van der Waals surface area contributed by atoms with Gasteiger partial charge in [-0.05, 0) is 65.1 Å². The van der Waals surface area contributed by atoms with Crippen molar-refractivity contribution in [2.75, 3.05) is 13.2 Å². The van der Waals surface area contributed by atoms with Crippen LogP contribution in [0.15, 0.2) is 40.2 Å². The van der Waals surface area contributed by atoms with Crippen molar-refractivity contribution in [2.45, 2.75) is 32.7 Å². The average Bonchev–Trinajstić information content (AvgIpc) is 2.93. The highest BCUT2D eigenvalue weighted by Gasteiger charge is 2.15. The lowest BCUT2D eigenvalue weighted by atomic mass is 10.1. The number of thiophene rings is 1. The Morgan fingerprint density at radius 2 is 1.86 bits per heavy atom. The Bertz CT molecular complexity index is 538. The van der Waals surface area contributed by atoms with Crippen LogP contribution in [0.25, 0.3) is 0 Å². The molecule has 4 heteroatoms. The highest BCUT2D eigenvalue weighted by atomic mass is 79.9. The van der Waals surface area contributed by atoms with Crippen molar-refractivity contribution < 1.29 is 4.74 Å². The van der Waals surface area contributed by atoms with Crippen molar-refractivity contribution in [3.63, 3.8) is 0 Å². The minimum atomic E-state index is 0.251. The van der Waals surface area contributed by atoms with Crippen LogP contribution in [0.2, 0.25) is 0 Å². The SMILES string of the molecule is CCCNC(c1ccc(OCCC)cc1)c1ccc(Br)s1.